The number of benzene rings is 3. The normalized spacial score (nSPS) is 11.3. The lowest BCUT2D eigenvalue weighted by Gasteiger charge is -2.14. The molecule has 0 amide bonds. The summed E-state index contributed by atoms with van der Waals surface area (Å²) in [6, 6.07) is 21.9. The minimum absolute atomic E-state index is 0.232. The summed E-state index contributed by atoms with van der Waals surface area (Å²) in [4.78, 5) is 9.29. The van der Waals surface area contributed by atoms with Gasteiger partial charge < -0.3 is 15.4 Å². The van der Waals surface area contributed by atoms with E-state index in [1.54, 1.807) is 44.4 Å². The number of hydrogen-bond acceptors (Lipinski definition) is 7. The number of ether oxygens (including phenoxy) is 1. The highest BCUT2D eigenvalue weighted by atomic mass is 32.2. The largest absolute Gasteiger partial charge is 0.497 e. The number of nitrogens with zero attached hydrogens (tertiary/aromatic N) is 2. The van der Waals surface area contributed by atoms with E-state index in [4.69, 9.17) is 4.74 Å². The van der Waals surface area contributed by atoms with E-state index in [9.17, 15) is 8.42 Å². The summed E-state index contributed by atoms with van der Waals surface area (Å²) >= 11 is 0. The van der Waals surface area contributed by atoms with Crippen LogP contribution in [0.5, 0.6) is 5.75 Å². The molecule has 4 rings (SSSR count). The molecule has 1 aromatic heterocycles. The van der Waals surface area contributed by atoms with Crippen LogP contribution in [-0.4, -0.2) is 25.5 Å². The molecule has 1 heterocycles. The van der Waals surface area contributed by atoms with Gasteiger partial charge in [-0.3, -0.25) is 4.72 Å². The highest BCUT2D eigenvalue weighted by molar-refractivity contribution is 7.92. The maximum absolute atomic E-state index is 13.1. The number of sulfonamides is 1. The fraction of sp³-hybridized carbons (Fsp3) is 0.214. The highest BCUT2D eigenvalue weighted by Gasteiger charge is 2.18. The van der Waals surface area contributed by atoms with Crippen molar-refractivity contribution in [2.75, 3.05) is 22.5 Å². The van der Waals surface area contributed by atoms with Gasteiger partial charge in [0.05, 0.1) is 12.0 Å². The first-order valence-corrected chi connectivity index (χ1v) is 13.4. The van der Waals surface area contributed by atoms with E-state index in [2.05, 4.69) is 25.3 Å². The van der Waals surface area contributed by atoms with Crippen molar-refractivity contribution in [1.82, 2.24) is 9.97 Å². The Kier molecular flexibility index (Phi) is 7.63. The first-order chi connectivity index (χ1) is 17.6. The third kappa shape index (κ3) is 6.56. The van der Waals surface area contributed by atoms with Crippen LogP contribution in [0.1, 0.15) is 36.6 Å². The predicted molar refractivity (Wildman–Crippen MR) is 149 cm³/mol. The van der Waals surface area contributed by atoms with Gasteiger partial charge in [-0.15, -0.1) is 0 Å². The average Bonchev–Trinajstić information content (AvgIpc) is 2.85. The smallest absolute Gasteiger partial charge is 0.262 e. The first kappa shape index (κ1) is 26.0. The minimum atomic E-state index is -3.73. The van der Waals surface area contributed by atoms with Gasteiger partial charge in [0.1, 0.15) is 11.6 Å². The summed E-state index contributed by atoms with van der Waals surface area (Å²) in [6.07, 6.45) is 0. The van der Waals surface area contributed by atoms with E-state index >= 15 is 0 Å². The Hall–Kier alpha value is -4.11. The van der Waals surface area contributed by atoms with E-state index in [-0.39, 0.29) is 10.8 Å². The monoisotopic (exact) mass is 517 g/mol. The van der Waals surface area contributed by atoms with Crippen LogP contribution in [-0.2, 0) is 10.0 Å². The maximum atomic E-state index is 13.1. The van der Waals surface area contributed by atoms with E-state index < -0.39 is 10.0 Å². The van der Waals surface area contributed by atoms with Crippen LogP contribution in [0.4, 0.5) is 28.8 Å². The molecule has 0 fully saturated rings. The summed E-state index contributed by atoms with van der Waals surface area (Å²) < 4.78 is 34.0. The molecular formula is C28H31N5O3S. The molecule has 0 spiro atoms. The molecule has 0 atom stereocenters. The Bertz CT molecular complexity index is 1490. The second kappa shape index (κ2) is 10.9. The zero-order chi connectivity index (χ0) is 26.6. The van der Waals surface area contributed by atoms with Crippen LogP contribution in [0.25, 0.3) is 0 Å². The molecule has 3 aromatic carbocycles. The van der Waals surface area contributed by atoms with Gasteiger partial charge in [-0.2, -0.15) is 4.98 Å². The van der Waals surface area contributed by atoms with Crippen molar-refractivity contribution < 1.29 is 13.2 Å². The first-order valence-electron chi connectivity index (χ1n) is 11.9. The molecule has 0 bridgehead atoms. The van der Waals surface area contributed by atoms with Crippen molar-refractivity contribution in [3.8, 4) is 5.75 Å². The number of anilines is 5. The Balaban J connectivity index is 1.47. The summed E-state index contributed by atoms with van der Waals surface area (Å²) in [5, 5.41) is 6.45. The fourth-order valence-electron chi connectivity index (χ4n) is 3.74. The molecule has 8 nitrogen and oxygen atoms in total. The molecule has 0 aliphatic heterocycles. The van der Waals surface area contributed by atoms with Crippen molar-refractivity contribution in [2.45, 2.75) is 38.5 Å². The molecule has 0 radical (unpaired) electrons. The number of aryl methyl sites for hydroxylation is 2. The van der Waals surface area contributed by atoms with Gasteiger partial charge in [0.2, 0.25) is 5.95 Å². The van der Waals surface area contributed by atoms with Gasteiger partial charge in [0.15, 0.2) is 0 Å². The number of hydrogen-bond donors (Lipinski definition) is 3. The van der Waals surface area contributed by atoms with Crippen molar-refractivity contribution in [3.05, 3.63) is 89.6 Å². The lowest BCUT2D eigenvalue weighted by Crippen LogP contribution is -2.14. The molecule has 0 aliphatic carbocycles. The Morgan fingerprint density at radius 2 is 1.41 bits per heavy atom. The molecule has 0 saturated carbocycles. The highest BCUT2D eigenvalue weighted by Crippen LogP contribution is 2.26. The molecule has 3 N–H and O–H groups in total. The van der Waals surface area contributed by atoms with Crippen LogP contribution >= 0.6 is 0 Å². The molecule has 0 aliphatic rings. The summed E-state index contributed by atoms with van der Waals surface area (Å²) in [6.45, 7) is 7.76. The lowest BCUT2D eigenvalue weighted by molar-refractivity contribution is 0.415. The zero-order valence-corrected chi connectivity index (χ0v) is 22.3. The third-order valence-corrected chi connectivity index (χ3v) is 7.30. The molecule has 192 valence electrons. The average molecular weight is 518 g/mol. The number of nitrogens with one attached hydrogen (secondary N) is 3. The maximum Gasteiger partial charge on any atom is 0.262 e. The topological polar surface area (TPSA) is 105 Å². The van der Waals surface area contributed by atoms with Gasteiger partial charge in [-0.25, -0.2) is 13.4 Å². The number of aromatic nitrogens is 2. The number of rotatable bonds is 9. The summed E-state index contributed by atoms with van der Waals surface area (Å²) in [7, 11) is -2.10. The SMILES string of the molecule is COc1ccc(Nc2cc(C)nc(Nc3ccc(NS(=O)(=O)c4cc(C(C)C)ccc4C)cc3)n2)cc1. The van der Waals surface area contributed by atoms with Crippen LogP contribution in [0.2, 0.25) is 0 Å². The van der Waals surface area contributed by atoms with Gasteiger partial charge in [-0.05, 0) is 85.5 Å². The molecule has 0 saturated heterocycles. The fourth-order valence-corrected chi connectivity index (χ4v) is 5.08. The Morgan fingerprint density at radius 1 is 0.784 bits per heavy atom. The number of methoxy groups -OCH3 is 1. The molecule has 0 unspecified atom stereocenters. The molecule has 4 aromatic rings. The summed E-state index contributed by atoms with van der Waals surface area (Å²) in [5.41, 5.74) is 4.52. The minimum Gasteiger partial charge on any atom is -0.497 e. The quantitative estimate of drug-likeness (QED) is 0.232. The van der Waals surface area contributed by atoms with Gasteiger partial charge in [0, 0.05) is 28.8 Å². The Labute approximate surface area is 218 Å². The standard InChI is InChI=1S/C28H31N5O3S/c1-18(2)21-7-6-19(3)26(17-21)37(34,35)33-24-10-8-23(9-11-24)31-28-29-20(4)16-27(32-28)30-22-12-14-25(36-5)15-13-22/h6-18,33H,1-5H3,(H2,29,30,31,32). The van der Waals surface area contributed by atoms with Crippen LogP contribution < -0.4 is 20.1 Å². The second-order valence-electron chi connectivity index (χ2n) is 9.06. The van der Waals surface area contributed by atoms with Crippen molar-refractivity contribution >= 4 is 38.9 Å². The van der Waals surface area contributed by atoms with E-state index in [1.165, 1.54) is 0 Å². The van der Waals surface area contributed by atoms with Crippen molar-refractivity contribution in [3.63, 3.8) is 0 Å². The van der Waals surface area contributed by atoms with Gasteiger partial charge in [-0.1, -0.05) is 26.0 Å². The predicted octanol–water partition coefficient (Wildman–Crippen LogP) is 6.51. The van der Waals surface area contributed by atoms with E-state index in [0.29, 0.717) is 23.0 Å². The van der Waals surface area contributed by atoms with Crippen molar-refractivity contribution in [2.24, 2.45) is 0 Å². The summed E-state index contributed by atoms with van der Waals surface area (Å²) in [5.74, 6) is 2.07. The van der Waals surface area contributed by atoms with Crippen LogP contribution in [0.15, 0.2) is 77.7 Å². The molecule has 37 heavy (non-hydrogen) atoms. The van der Waals surface area contributed by atoms with Gasteiger partial charge >= 0.3 is 0 Å². The van der Waals surface area contributed by atoms with Gasteiger partial charge in [0.25, 0.3) is 10.0 Å². The Morgan fingerprint density at radius 3 is 2.05 bits per heavy atom. The van der Waals surface area contributed by atoms with Crippen LogP contribution in [0.3, 0.4) is 0 Å². The van der Waals surface area contributed by atoms with E-state index in [0.717, 1.165) is 28.4 Å². The lowest BCUT2D eigenvalue weighted by atomic mass is 10.0. The third-order valence-electron chi connectivity index (χ3n) is 5.78. The molecule has 9 heteroatoms. The molecular weight excluding hydrogens is 486 g/mol. The van der Waals surface area contributed by atoms with Crippen LogP contribution in [0, 0.1) is 13.8 Å². The zero-order valence-electron chi connectivity index (χ0n) is 21.5. The van der Waals surface area contributed by atoms with E-state index in [1.807, 2.05) is 63.2 Å². The van der Waals surface area contributed by atoms with Crippen molar-refractivity contribution in [1.29, 1.82) is 0 Å². The second-order valence-corrected chi connectivity index (χ2v) is 10.7.